The van der Waals surface area contributed by atoms with Gasteiger partial charge in [0.25, 0.3) is 0 Å². The molecule has 1 aliphatic rings. The summed E-state index contributed by atoms with van der Waals surface area (Å²) in [6, 6.07) is 14.2. The predicted molar refractivity (Wildman–Crippen MR) is 176 cm³/mol. The SMILES string of the molecule is CCOC(=O)c1c(CSc2ccc(F)cc2C)n(Cc2ccc(F)cc2)c2cc(C3=CCN(C(=O)OC(C)(C)C)CC3)c(O)cc12. The van der Waals surface area contributed by atoms with Crippen LogP contribution in [-0.2, 0) is 21.8 Å². The van der Waals surface area contributed by atoms with Crippen LogP contribution in [0.3, 0.4) is 0 Å². The van der Waals surface area contributed by atoms with Crippen molar-refractivity contribution in [3.63, 3.8) is 0 Å². The fourth-order valence-electron chi connectivity index (χ4n) is 5.55. The van der Waals surface area contributed by atoms with E-state index in [1.54, 1.807) is 36.1 Å². The lowest BCUT2D eigenvalue weighted by Crippen LogP contribution is -2.39. The summed E-state index contributed by atoms with van der Waals surface area (Å²) in [7, 11) is 0. The van der Waals surface area contributed by atoms with Gasteiger partial charge in [-0.25, -0.2) is 18.4 Å². The predicted octanol–water partition coefficient (Wildman–Crippen LogP) is 8.48. The molecular formula is C36H38F2N2O5S. The van der Waals surface area contributed by atoms with Gasteiger partial charge in [0.2, 0.25) is 0 Å². The number of phenolic OH excluding ortho intramolecular Hbond substituents is 1. The molecule has 0 saturated heterocycles. The second-order valence-corrected chi connectivity index (χ2v) is 13.3. The smallest absolute Gasteiger partial charge is 0.410 e. The maximum Gasteiger partial charge on any atom is 0.410 e. The summed E-state index contributed by atoms with van der Waals surface area (Å²) >= 11 is 1.47. The number of rotatable bonds is 8. The summed E-state index contributed by atoms with van der Waals surface area (Å²) in [6.45, 7) is 10.3. The maximum absolute atomic E-state index is 13.8. The molecule has 5 rings (SSSR count). The van der Waals surface area contributed by atoms with Gasteiger partial charge in [-0.15, -0.1) is 11.8 Å². The third kappa shape index (κ3) is 7.39. The number of thioether (sulfide) groups is 1. The van der Waals surface area contributed by atoms with E-state index in [9.17, 15) is 23.5 Å². The number of aromatic hydroxyl groups is 1. The number of carbonyl (C=O) groups excluding carboxylic acids is 2. The number of nitrogens with zero attached hydrogens (tertiary/aromatic N) is 2. The Morgan fingerprint density at radius 3 is 2.37 bits per heavy atom. The van der Waals surface area contributed by atoms with Crippen LogP contribution in [0.2, 0.25) is 0 Å². The summed E-state index contributed by atoms with van der Waals surface area (Å²) in [5.41, 5.74) is 4.14. The first-order valence-corrected chi connectivity index (χ1v) is 16.2. The van der Waals surface area contributed by atoms with Crippen molar-refractivity contribution in [1.29, 1.82) is 0 Å². The second kappa shape index (κ2) is 13.6. The molecule has 242 valence electrons. The highest BCUT2D eigenvalue weighted by molar-refractivity contribution is 7.98. The van der Waals surface area contributed by atoms with E-state index in [0.717, 1.165) is 21.6 Å². The van der Waals surface area contributed by atoms with Gasteiger partial charge >= 0.3 is 12.1 Å². The first kappa shape index (κ1) is 33.1. The monoisotopic (exact) mass is 648 g/mol. The lowest BCUT2D eigenvalue weighted by molar-refractivity contribution is 0.0270. The Labute approximate surface area is 271 Å². The molecule has 7 nitrogen and oxygen atoms in total. The average molecular weight is 649 g/mol. The third-order valence-electron chi connectivity index (χ3n) is 7.73. The van der Waals surface area contributed by atoms with Gasteiger partial charge < -0.3 is 24.0 Å². The number of aryl methyl sites for hydroxylation is 1. The highest BCUT2D eigenvalue weighted by Gasteiger charge is 2.28. The second-order valence-electron chi connectivity index (χ2n) is 12.2. The van der Waals surface area contributed by atoms with Crippen molar-refractivity contribution in [3.8, 4) is 5.75 Å². The minimum absolute atomic E-state index is 0.00234. The van der Waals surface area contributed by atoms with Crippen LogP contribution in [0, 0.1) is 18.6 Å². The number of hydrogen-bond donors (Lipinski definition) is 1. The van der Waals surface area contributed by atoms with Crippen LogP contribution in [0.4, 0.5) is 13.6 Å². The molecule has 0 spiro atoms. The van der Waals surface area contributed by atoms with Gasteiger partial charge in [-0.3, -0.25) is 0 Å². The van der Waals surface area contributed by atoms with E-state index in [1.807, 2.05) is 44.4 Å². The number of amides is 1. The molecule has 1 aliphatic heterocycles. The summed E-state index contributed by atoms with van der Waals surface area (Å²) < 4.78 is 40.7. The Hall–Kier alpha value is -4.31. The molecule has 3 aromatic carbocycles. The van der Waals surface area contributed by atoms with Gasteiger partial charge in [0.15, 0.2) is 0 Å². The molecule has 1 aromatic heterocycles. The number of phenols is 1. The summed E-state index contributed by atoms with van der Waals surface area (Å²) in [5, 5.41) is 11.9. The molecule has 46 heavy (non-hydrogen) atoms. The standard InChI is InChI=1S/C36H38F2N2O5S/c1-6-44-34(42)33-28-19-31(41)27(24-13-15-39(16-14-24)35(43)45-36(3,4)5)18-29(28)40(20-23-7-9-25(37)10-8-23)30(33)21-46-32-12-11-26(38)17-22(32)2/h7-13,17-19,41H,6,14-16,20-21H2,1-5H3. The van der Waals surface area contributed by atoms with Crippen molar-refractivity contribution in [1.82, 2.24) is 9.47 Å². The van der Waals surface area contributed by atoms with E-state index >= 15 is 0 Å². The molecule has 1 N–H and O–H groups in total. The van der Waals surface area contributed by atoms with Crippen LogP contribution in [0.5, 0.6) is 5.75 Å². The lowest BCUT2D eigenvalue weighted by atomic mass is 9.97. The third-order valence-corrected chi connectivity index (χ3v) is 8.92. The van der Waals surface area contributed by atoms with Gasteiger partial charge in [-0.1, -0.05) is 18.2 Å². The van der Waals surface area contributed by atoms with Gasteiger partial charge in [0.1, 0.15) is 23.0 Å². The van der Waals surface area contributed by atoms with Crippen LogP contribution in [0.1, 0.15) is 66.9 Å². The highest BCUT2D eigenvalue weighted by atomic mass is 32.2. The zero-order valence-corrected chi connectivity index (χ0v) is 27.5. The number of benzene rings is 3. The van der Waals surface area contributed by atoms with E-state index < -0.39 is 17.7 Å². The first-order valence-electron chi connectivity index (χ1n) is 15.2. The van der Waals surface area contributed by atoms with Crippen molar-refractivity contribution < 1.29 is 33.0 Å². The lowest BCUT2D eigenvalue weighted by Gasteiger charge is -2.29. The summed E-state index contributed by atoms with van der Waals surface area (Å²) in [4.78, 5) is 28.6. The van der Waals surface area contributed by atoms with Crippen molar-refractivity contribution in [3.05, 3.63) is 100 Å². The molecule has 10 heteroatoms. The normalized spacial score (nSPS) is 13.5. The highest BCUT2D eigenvalue weighted by Crippen LogP contribution is 2.39. The van der Waals surface area contributed by atoms with E-state index in [1.165, 1.54) is 36.0 Å². The number of aromatic nitrogens is 1. The molecule has 0 bridgehead atoms. The number of carbonyl (C=O) groups is 2. The Morgan fingerprint density at radius 1 is 1.02 bits per heavy atom. The van der Waals surface area contributed by atoms with Gasteiger partial charge in [-0.2, -0.15) is 0 Å². The fourth-order valence-corrected chi connectivity index (χ4v) is 6.60. The minimum atomic E-state index is -0.609. The first-order chi connectivity index (χ1) is 21.8. The molecule has 0 unspecified atom stereocenters. The molecule has 4 aromatic rings. The average Bonchev–Trinajstić information content (AvgIpc) is 3.28. The molecule has 1 amide bonds. The summed E-state index contributed by atoms with van der Waals surface area (Å²) in [5.74, 6) is -0.849. The molecule has 0 fully saturated rings. The number of halogens is 2. The Balaban J connectivity index is 1.61. The topological polar surface area (TPSA) is 81.0 Å². The molecule has 0 radical (unpaired) electrons. The van der Waals surface area contributed by atoms with Gasteiger partial charge in [0, 0.05) is 46.9 Å². The molecule has 2 heterocycles. The van der Waals surface area contributed by atoms with E-state index in [2.05, 4.69) is 0 Å². The van der Waals surface area contributed by atoms with Gasteiger partial charge in [-0.05, 0) is 100 Å². The molecular weight excluding hydrogens is 610 g/mol. The number of fused-ring (bicyclic) bond motifs is 1. The minimum Gasteiger partial charge on any atom is -0.507 e. The molecule has 0 saturated carbocycles. The Kier molecular flexibility index (Phi) is 9.76. The van der Waals surface area contributed by atoms with Gasteiger partial charge in [0.05, 0.1) is 17.7 Å². The van der Waals surface area contributed by atoms with Crippen LogP contribution in [-0.4, -0.2) is 51.9 Å². The van der Waals surface area contributed by atoms with E-state index in [4.69, 9.17) is 9.47 Å². The van der Waals surface area contributed by atoms with Crippen molar-refractivity contribution in [2.45, 2.75) is 63.8 Å². The fraction of sp³-hybridized carbons (Fsp3) is 0.333. The number of ether oxygens (including phenoxy) is 2. The number of esters is 1. The molecule has 0 atom stereocenters. The van der Waals surface area contributed by atoms with Crippen LogP contribution in [0.25, 0.3) is 16.5 Å². The van der Waals surface area contributed by atoms with Crippen LogP contribution < -0.4 is 0 Å². The summed E-state index contributed by atoms with van der Waals surface area (Å²) in [6.07, 6.45) is 2.00. The van der Waals surface area contributed by atoms with Crippen molar-refractivity contribution in [2.75, 3.05) is 19.7 Å². The maximum atomic E-state index is 13.8. The van der Waals surface area contributed by atoms with Crippen molar-refractivity contribution >= 4 is 40.3 Å². The molecule has 0 aliphatic carbocycles. The Bertz CT molecular complexity index is 1810. The van der Waals surface area contributed by atoms with E-state index in [-0.39, 0.29) is 24.0 Å². The van der Waals surface area contributed by atoms with Crippen molar-refractivity contribution in [2.24, 2.45) is 0 Å². The largest absolute Gasteiger partial charge is 0.507 e. The Morgan fingerprint density at radius 2 is 1.74 bits per heavy atom. The van der Waals surface area contributed by atoms with Crippen LogP contribution in [0.15, 0.2) is 65.6 Å². The van der Waals surface area contributed by atoms with Crippen LogP contribution >= 0.6 is 11.8 Å². The van der Waals surface area contributed by atoms with E-state index in [0.29, 0.717) is 59.5 Å². The quantitative estimate of drug-likeness (QED) is 0.153. The zero-order chi connectivity index (χ0) is 33.2. The zero-order valence-electron chi connectivity index (χ0n) is 26.7. The number of hydrogen-bond acceptors (Lipinski definition) is 6.